The Kier molecular flexibility index (Phi) is 9.12. The van der Waals surface area contributed by atoms with Gasteiger partial charge in [0.05, 0.1) is 6.42 Å². The second-order valence-corrected chi connectivity index (χ2v) is 1.58. The summed E-state index contributed by atoms with van der Waals surface area (Å²) in [5.74, 6) is -0.125. The van der Waals surface area contributed by atoms with Crippen molar-refractivity contribution in [1.29, 1.82) is 0 Å². The van der Waals surface area contributed by atoms with Crippen LogP contribution >= 0.6 is 0 Å². The van der Waals surface area contributed by atoms with Crippen LogP contribution in [-0.2, 0) is 9.59 Å². The van der Waals surface area contributed by atoms with Crippen molar-refractivity contribution in [2.24, 2.45) is 0 Å². The summed E-state index contributed by atoms with van der Waals surface area (Å²) in [5, 5.41) is 0. The van der Waals surface area contributed by atoms with Crippen LogP contribution in [0.1, 0.15) is 27.2 Å². The summed E-state index contributed by atoms with van der Waals surface area (Å²) in [4.78, 5) is 20.1. The van der Waals surface area contributed by atoms with Gasteiger partial charge in [-0.3, -0.25) is 9.59 Å². The Bertz CT molecular complexity index is 83.1. The van der Waals surface area contributed by atoms with E-state index in [0.717, 1.165) is 0 Å². The van der Waals surface area contributed by atoms with E-state index in [1.807, 2.05) is 0 Å². The first-order chi connectivity index (χ1) is 4.13. The Morgan fingerprint density at radius 3 is 1.33 bits per heavy atom. The van der Waals surface area contributed by atoms with Crippen molar-refractivity contribution < 1.29 is 9.59 Å². The van der Waals surface area contributed by atoms with Crippen molar-refractivity contribution in [2.75, 3.05) is 0 Å². The molecule has 0 aromatic heterocycles. The van der Waals surface area contributed by atoms with Crippen molar-refractivity contribution in [3.05, 3.63) is 6.92 Å². The molecule has 0 amide bonds. The van der Waals surface area contributed by atoms with Gasteiger partial charge in [0.15, 0.2) is 0 Å². The highest BCUT2D eigenvalue weighted by atomic mass is 16.1. The molecule has 0 unspecified atom stereocenters. The Morgan fingerprint density at radius 1 is 1.11 bits per heavy atom. The number of hydrogen-bond acceptors (Lipinski definition) is 2. The quantitative estimate of drug-likeness (QED) is 0.528. The Hall–Kier alpha value is -0.660. The lowest BCUT2D eigenvalue weighted by molar-refractivity contribution is -0.124. The van der Waals surface area contributed by atoms with Crippen LogP contribution in [0.3, 0.4) is 0 Å². The fourth-order valence-electron chi connectivity index (χ4n) is 0.351. The van der Waals surface area contributed by atoms with E-state index in [-0.39, 0.29) is 18.0 Å². The van der Waals surface area contributed by atoms with E-state index in [1.165, 1.54) is 13.8 Å². The minimum atomic E-state index is -0.0625. The Labute approximate surface area is 56.3 Å². The van der Waals surface area contributed by atoms with E-state index >= 15 is 0 Å². The van der Waals surface area contributed by atoms with Crippen LogP contribution in [0.2, 0.25) is 0 Å². The zero-order chi connectivity index (χ0) is 7.86. The summed E-state index contributed by atoms with van der Waals surface area (Å²) in [6, 6.07) is 0. The van der Waals surface area contributed by atoms with Gasteiger partial charge in [0.25, 0.3) is 0 Å². The lowest BCUT2D eigenvalue weighted by Gasteiger charge is -1.81. The second kappa shape index (κ2) is 7.34. The minimum Gasteiger partial charge on any atom is -0.300 e. The van der Waals surface area contributed by atoms with E-state index in [0.29, 0.717) is 0 Å². The summed E-state index contributed by atoms with van der Waals surface area (Å²) in [7, 11) is 0. The van der Waals surface area contributed by atoms with Gasteiger partial charge in [-0.2, -0.15) is 0 Å². The highest BCUT2D eigenvalue weighted by Gasteiger charge is 1.94. The summed E-state index contributed by atoms with van der Waals surface area (Å²) in [5.41, 5.74) is 0. The molecule has 0 atom stereocenters. The molecule has 2 heteroatoms. The molecule has 0 saturated heterocycles. The molecule has 0 N–H and O–H groups in total. The molecule has 0 aliphatic carbocycles. The van der Waals surface area contributed by atoms with E-state index in [9.17, 15) is 9.59 Å². The van der Waals surface area contributed by atoms with Crippen LogP contribution in [0.15, 0.2) is 0 Å². The predicted molar refractivity (Wildman–Crippen MR) is 37.0 cm³/mol. The maximum atomic E-state index is 10.0. The second-order valence-electron chi connectivity index (χ2n) is 1.58. The minimum absolute atomic E-state index is 0.0625. The van der Waals surface area contributed by atoms with Crippen molar-refractivity contribution >= 4 is 11.6 Å². The van der Waals surface area contributed by atoms with Gasteiger partial charge in [-0.05, 0) is 13.8 Å². The van der Waals surface area contributed by atoms with Crippen molar-refractivity contribution in [1.82, 2.24) is 0 Å². The lowest BCUT2D eigenvalue weighted by Crippen LogP contribution is -1.97. The van der Waals surface area contributed by atoms with Crippen molar-refractivity contribution in [3.8, 4) is 0 Å². The van der Waals surface area contributed by atoms with Crippen molar-refractivity contribution in [2.45, 2.75) is 27.2 Å². The standard InChI is InChI=1S/C5H8O2.C2H5/c1-4(6)3-5(2)7;1-2/h3H2,1-2H3;1H2,2H3. The van der Waals surface area contributed by atoms with Crippen LogP contribution in [0.25, 0.3) is 0 Å². The Morgan fingerprint density at radius 2 is 1.33 bits per heavy atom. The van der Waals surface area contributed by atoms with Crippen LogP contribution in [-0.4, -0.2) is 11.6 Å². The number of carbonyl (C=O) groups excluding carboxylic acids is 2. The maximum Gasteiger partial charge on any atom is 0.137 e. The molecular weight excluding hydrogens is 116 g/mol. The molecule has 0 aliphatic heterocycles. The average Bonchev–Trinajstić information content (AvgIpc) is 1.68. The summed E-state index contributed by atoms with van der Waals surface area (Å²) in [6.45, 7) is 7.81. The van der Waals surface area contributed by atoms with Crippen molar-refractivity contribution in [3.63, 3.8) is 0 Å². The number of hydrogen-bond donors (Lipinski definition) is 0. The molecule has 0 aromatic carbocycles. The summed E-state index contributed by atoms with van der Waals surface area (Å²) in [6.07, 6.45) is 0.0833. The fraction of sp³-hybridized carbons (Fsp3) is 0.571. The van der Waals surface area contributed by atoms with Gasteiger partial charge in [-0.25, -0.2) is 0 Å². The van der Waals surface area contributed by atoms with Gasteiger partial charge in [-0.15, -0.1) is 0 Å². The highest BCUT2D eigenvalue weighted by molar-refractivity contribution is 5.96. The highest BCUT2D eigenvalue weighted by Crippen LogP contribution is 1.80. The molecular formula is C7H13O2. The van der Waals surface area contributed by atoms with E-state index in [2.05, 4.69) is 6.92 Å². The third-order valence-electron chi connectivity index (χ3n) is 0.498. The summed E-state index contributed by atoms with van der Waals surface area (Å²) >= 11 is 0. The molecule has 1 radical (unpaired) electrons. The van der Waals surface area contributed by atoms with Crippen LogP contribution in [0, 0.1) is 6.92 Å². The largest absolute Gasteiger partial charge is 0.300 e. The van der Waals surface area contributed by atoms with Gasteiger partial charge in [0.2, 0.25) is 0 Å². The van der Waals surface area contributed by atoms with Gasteiger partial charge in [0, 0.05) is 0 Å². The molecule has 2 nitrogen and oxygen atoms in total. The molecule has 9 heavy (non-hydrogen) atoms. The van der Waals surface area contributed by atoms with Crippen LogP contribution in [0.4, 0.5) is 0 Å². The summed E-state index contributed by atoms with van der Waals surface area (Å²) < 4.78 is 0. The number of Topliss-reactive ketones (excluding diaryl/α,β-unsaturated/α-hetero) is 2. The number of rotatable bonds is 2. The normalized spacial score (nSPS) is 7.11. The third-order valence-corrected chi connectivity index (χ3v) is 0.498. The van der Waals surface area contributed by atoms with Gasteiger partial charge < -0.3 is 0 Å². The molecule has 0 rings (SSSR count). The topological polar surface area (TPSA) is 34.1 Å². The van der Waals surface area contributed by atoms with E-state index < -0.39 is 0 Å². The van der Waals surface area contributed by atoms with Gasteiger partial charge in [0.1, 0.15) is 11.6 Å². The van der Waals surface area contributed by atoms with Crippen LogP contribution < -0.4 is 0 Å². The molecule has 0 heterocycles. The predicted octanol–water partition coefficient (Wildman–Crippen LogP) is 1.39. The first kappa shape index (κ1) is 11.2. The first-order valence-electron chi connectivity index (χ1n) is 2.82. The van der Waals surface area contributed by atoms with Gasteiger partial charge >= 0.3 is 0 Å². The molecule has 0 fully saturated rings. The zero-order valence-corrected chi connectivity index (χ0v) is 6.23. The van der Waals surface area contributed by atoms with E-state index in [4.69, 9.17) is 0 Å². The Balaban J connectivity index is 0. The third kappa shape index (κ3) is 18.8. The lowest BCUT2D eigenvalue weighted by atomic mass is 10.2. The molecule has 53 valence electrons. The molecule has 0 aromatic rings. The maximum absolute atomic E-state index is 10.0. The first-order valence-corrected chi connectivity index (χ1v) is 2.82. The van der Waals surface area contributed by atoms with Crippen LogP contribution in [0.5, 0.6) is 0 Å². The monoisotopic (exact) mass is 129 g/mol. The molecule has 0 saturated carbocycles. The van der Waals surface area contributed by atoms with E-state index in [1.54, 1.807) is 6.92 Å². The molecule has 0 spiro atoms. The smallest absolute Gasteiger partial charge is 0.137 e. The zero-order valence-electron chi connectivity index (χ0n) is 6.23. The average molecular weight is 129 g/mol. The molecule has 0 bridgehead atoms. The van der Waals surface area contributed by atoms with Gasteiger partial charge in [-0.1, -0.05) is 13.8 Å². The fourth-order valence-corrected chi connectivity index (χ4v) is 0.351. The SMILES string of the molecule is CC(=O)CC(C)=O.[CH2]C. The number of ketones is 2. The molecule has 0 aliphatic rings. The number of carbonyl (C=O) groups is 2.